The highest BCUT2D eigenvalue weighted by atomic mass is 16.5. The van der Waals surface area contributed by atoms with Crippen LogP contribution in [-0.2, 0) is 6.42 Å². The molecule has 3 rings (SSSR count). The lowest BCUT2D eigenvalue weighted by Gasteiger charge is -2.16. The highest BCUT2D eigenvalue weighted by Crippen LogP contribution is 2.33. The van der Waals surface area contributed by atoms with Crippen molar-refractivity contribution in [1.82, 2.24) is 20.4 Å². The van der Waals surface area contributed by atoms with Gasteiger partial charge >= 0.3 is 0 Å². The fourth-order valence-electron chi connectivity index (χ4n) is 2.94. The first-order chi connectivity index (χ1) is 9.86. The summed E-state index contributed by atoms with van der Waals surface area (Å²) < 4.78 is 5.48. The van der Waals surface area contributed by atoms with E-state index in [1.807, 2.05) is 12.1 Å². The molecule has 2 heterocycles. The minimum atomic E-state index is 0.369. The average Bonchev–Trinajstić information content (AvgIpc) is 3.09. The van der Waals surface area contributed by atoms with E-state index in [0.29, 0.717) is 18.4 Å². The Morgan fingerprint density at radius 1 is 1.30 bits per heavy atom. The molecule has 0 aromatic carbocycles. The second-order valence-corrected chi connectivity index (χ2v) is 5.28. The van der Waals surface area contributed by atoms with Crippen molar-refractivity contribution >= 4 is 0 Å². The van der Waals surface area contributed by atoms with E-state index >= 15 is 0 Å². The number of likely N-dealkylation sites (N-methyl/N-ethyl adjacent to an activating group) is 1. The zero-order valence-corrected chi connectivity index (χ0v) is 11.7. The predicted molar refractivity (Wildman–Crippen MR) is 75.4 cm³/mol. The van der Waals surface area contributed by atoms with Crippen molar-refractivity contribution in [3.8, 4) is 0 Å². The molecule has 1 N–H and O–H groups in total. The molecule has 1 aliphatic rings. The number of nitrogens with one attached hydrogen (secondary N) is 1. The van der Waals surface area contributed by atoms with E-state index in [1.54, 1.807) is 12.4 Å². The molecular weight excluding hydrogens is 252 g/mol. The van der Waals surface area contributed by atoms with Crippen LogP contribution in [0.5, 0.6) is 0 Å². The summed E-state index contributed by atoms with van der Waals surface area (Å²) in [7, 11) is 0. The lowest BCUT2D eigenvalue weighted by molar-refractivity contribution is 0.329. The van der Waals surface area contributed by atoms with E-state index in [4.69, 9.17) is 4.52 Å². The van der Waals surface area contributed by atoms with Crippen molar-refractivity contribution in [1.29, 1.82) is 0 Å². The van der Waals surface area contributed by atoms with Crippen LogP contribution < -0.4 is 5.32 Å². The third kappa shape index (κ3) is 2.88. The van der Waals surface area contributed by atoms with E-state index in [2.05, 4.69) is 27.4 Å². The lowest BCUT2D eigenvalue weighted by atomic mass is 10.0. The van der Waals surface area contributed by atoms with Crippen molar-refractivity contribution in [3.63, 3.8) is 0 Å². The molecule has 2 unspecified atom stereocenters. The maximum atomic E-state index is 5.48. The zero-order chi connectivity index (χ0) is 13.8. The van der Waals surface area contributed by atoms with E-state index in [1.165, 1.54) is 12.8 Å². The van der Waals surface area contributed by atoms with Crippen molar-refractivity contribution in [2.75, 3.05) is 6.54 Å². The third-order valence-corrected chi connectivity index (χ3v) is 3.89. The molecule has 5 heteroatoms. The highest BCUT2D eigenvalue weighted by molar-refractivity contribution is 5.15. The molecule has 5 nitrogen and oxygen atoms in total. The molecule has 0 radical (unpaired) electrons. The molecule has 0 amide bonds. The fourth-order valence-corrected chi connectivity index (χ4v) is 2.94. The van der Waals surface area contributed by atoms with Crippen molar-refractivity contribution in [2.24, 2.45) is 0 Å². The Kier molecular flexibility index (Phi) is 4.06. The normalized spacial score (nSPS) is 22.2. The summed E-state index contributed by atoms with van der Waals surface area (Å²) in [5.74, 6) is 1.92. The zero-order valence-electron chi connectivity index (χ0n) is 11.7. The second kappa shape index (κ2) is 6.13. The summed E-state index contributed by atoms with van der Waals surface area (Å²) in [5.41, 5.74) is 1.15. The maximum Gasteiger partial charge on any atom is 0.231 e. The molecule has 0 spiro atoms. The van der Waals surface area contributed by atoms with Gasteiger partial charge in [0, 0.05) is 24.9 Å². The monoisotopic (exact) mass is 272 g/mol. The van der Waals surface area contributed by atoms with Gasteiger partial charge in [-0.3, -0.25) is 4.98 Å². The van der Waals surface area contributed by atoms with Crippen LogP contribution in [0.4, 0.5) is 0 Å². The molecule has 0 saturated heterocycles. The molecule has 1 aliphatic carbocycles. The standard InChI is InChI=1S/C15H20N4O/c1-2-17-13-5-3-4-12(13)15-18-14(19-20-15)10-11-6-8-16-9-7-11/h6-9,12-13,17H,2-5,10H2,1H3. The van der Waals surface area contributed by atoms with E-state index in [-0.39, 0.29) is 0 Å². The van der Waals surface area contributed by atoms with Crippen LogP contribution in [0.3, 0.4) is 0 Å². The minimum Gasteiger partial charge on any atom is -0.339 e. The molecule has 2 aromatic heterocycles. The molecule has 1 fully saturated rings. The van der Waals surface area contributed by atoms with Crippen molar-refractivity contribution < 1.29 is 4.52 Å². The van der Waals surface area contributed by atoms with Gasteiger partial charge in [-0.2, -0.15) is 4.98 Å². The first-order valence-corrected chi connectivity index (χ1v) is 7.31. The topological polar surface area (TPSA) is 63.8 Å². The molecule has 2 aromatic rings. The molecule has 1 saturated carbocycles. The molecule has 2 atom stereocenters. The summed E-state index contributed by atoms with van der Waals surface area (Å²) in [4.78, 5) is 8.59. The lowest BCUT2D eigenvalue weighted by Crippen LogP contribution is -2.31. The fraction of sp³-hybridized carbons (Fsp3) is 0.533. The number of aromatic nitrogens is 3. The van der Waals surface area contributed by atoms with Gasteiger partial charge in [0.15, 0.2) is 5.82 Å². The summed E-state index contributed by atoms with van der Waals surface area (Å²) in [6.45, 7) is 3.12. The summed E-state index contributed by atoms with van der Waals surface area (Å²) in [5, 5.41) is 7.63. The number of hydrogen-bond donors (Lipinski definition) is 1. The molecule has 0 aliphatic heterocycles. The summed E-state index contributed by atoms with van der Waals surface area (Å²) in [6, 6.07) is 4.44. The Morgan fingerprint density at radius 2 is 2.15 bits per heavy atom. The first-order valence-electron chi connectivity index (χ1n) is 7.31. The van der Waals surface area contributed by atoms with Gasteiger partial charge in [0.2, 0.25) is 5.89 Å². The molecule has 20 heavy (non-hydrogen) atoms. The number of pyridine rings is 1. The maximum absolute atomic E-state index is 5.48. The van der Waals surface area contributed by atoms with E-state index < -0.39 is 0 Å². The van der Waals surface area contributed by atoms with Gasteiger partial charge in [0.25, 0.3) is 0 Å². The van der Waals surface area contributed by atoms with Crippen LogP contribution in [0.25, 0.3) is 0 Å². The number of hydrogen-bond acceptors (Lipinski definition) is 5. The second-order valence-electron chi connectivity index (χ2n) is 5.28. The SMILES string of the molecule is CCNC1CCCC1c1nc(Cc2ccncc2)no1. The average molecular weight is 272 g/mol. The largest absolute Gasteiger partial charge is 0.339 e. The van der Waals surface area contributed by atoms with Crippen LogP contribution in [0.15, 0.2) is 29.0 Å². The van der Waals surface area contributed by atoms with E-state index in [0.717, 1.165) is 30.2 Å². The summed E-state index contributed by atoms with van der Waals surface area (Å²) >= 11 is 0. The Labute approximate surface area is 118 Å². The van der Waals surface area contributed by atoms with Gasteiger partial charge in [0.05, 0.1) is 5.92 Å². The Morgan fingerprint density at radius 3 is 2.95 bits per heavy atom. The number of rotatable bonds is 5. The van der Waals surface area contributed by atoms with Gasteiger partial charge in [-0.15, -0.1) is 0 Å². The smallest absolute Gasteiger partial charge is 0.231 e. The summed E-state index contributed by atoms with van der Waals surface area (Å²) in [6.07, 6.45) is 7.83. The minimum absolute atomic E-state index is 0.369. The van der Waals surface area contributed by atoms with Gasteiger partial charge in [-0.1, -0.05) is 18.5 Å². The predicted octanol–water partition coefficient (Wildman–Crippen LogP) is 2.30. The Bertz CT molecular complexity index is 540. The van der Waals surface area contributed by atoms with Crippen LogP contribution in [0.2, 0.25) is 0 Å². The first kappa shape index (κ1) is 13.2. The van der Waals surface area contributed by atoms with Crippen LogP contribution in [-0.4, -0.2) is 27.7 Å². The van der Waals surface area contributed by atoms with Gasteiger partial charge in [-0.25, -0.2) is 0 Å². The number of nitrogens with zero attached hydrogens (tertiary/aromatic N) is 3. The van der Waals surface area contributed by atoms with Crippen molar-refractivity contribution in [2.45, 2.75) is 44.6 Å². The third-order valence-electron chi connectivity index (χ3n) is 3.89. The highest BCUT2D eigenvalue weighted by Gasteiger charge is 2.32. The molecular formula is C15H20N4O. The van der Waals surface area contributed by atoms with E-state index in [9.17, 15) is 0 Å². The van der Waals surface area contributed by atoms with Crippen LogP contribution >= 0.6 is 0 Å². The Balaban J connectivity index is 1.70. The van der Waals surface area contributed by atoms with Crippen molar-refractivity contribution in [3.05, 3.63) is 41.8 Å². The van der Waals surface area contributed by atoms with Crippen LogP contribution in [0, 0.1) is 0 Å². The quantitative estimate of drug-likeness (QED) is 0.904. The van der Waals surface area contributed by atoms with Crippen LogP contribution in [0.1, 0.15) is 49.4 Å². The molecule has 0 bridgehead atoms. The van der Waals surface area contributed by atoms with Gasteiger partial charge in [0.1, 0.15) is 0 Å². The van der Waals surface area contributed by atoms with Gasteiger partial charge < -0.3 is 9.84 Å². The Hall–Kier alpha value is -1.75. The molecule has 106 valence electrons. The van der Waals surface area contributed by atoms with Gasteiger partial charge in [-0.05, 0) is 37.1 Å².